The lowest BCUT2D eigenvalue weighted by atomic mass is 10.2. The molecular formula is C11H12Cl2O2S. The van der Waals surface area contributed by atoms with E-state index in [1.165, 1.54) is 0 Å². The maximum absolute atomic E-state index is 10.6. The van der Waals surface area contributed by atoms with Crippen molar-refractivity contribution in [2.45, 2.75) is 12.7 Å². The van der Waals surface area contributed by atoms with Crippen molar-refractivity contribution in [3.05, 3.63) is 33.8 Å². The second kappa shape index (κ2) is 6.38. The number of rotatable bonds is 5. The molecule has 1 rings (SSSR count). The van der Waals surface area contributed by atoms with Crippen LogP contribution in [0.5, 0.6) is 0 Å². The monoisotopic (exact) mass is 278 g/mol. The highest BCUT2D eigenvalue weighted by Gasteiger charge is 2.11. The van der Waals surface area contributed by atoms with E-state index in [1.807, 2.05) is 6.07 Å². The molecule has 0 bridgehead atoms. The van der Waals surface area contributed by atoms with Crippen molar-refractivity contribution in [2.24, 2.45) is 5.92 Å². The first-order valence-corrected chi connectivity index (χ1v) is 6.66. The Hall–Kier alpha value is -0.380. The lowest BCUT2D eigenvalue weighted by Gasteiger charge is -2.07. The highest BCUT2D eigenvalue weighted by atomic mass is 35.5. The van der Waals surface area contributed by atoms with Gasteiger partial charge in [0.1, 0.15) is 0 Å². The van der Waals surface area contributed by atoms with Crippen molar-refractivity contribution in [1.29, 1.82) is 0 Å². The summed E-state index contributed by atoms with van der Waals surface area (Å²) in [6, 6.07) is 5.34. The molecule has 1 unspecified atom stereocenters. The Morgan fingerprint density at radius 3 is 2.75 bits per heavy atom. The van der Waals surface area contributed by atoms with Gasteiger partial charge < -0.3 is 5.11 Å². The minimum atomic E-state index is -0.769. The predicted molar refractivity (Wildman–Crippen MR) is 69.4 cm³/mol. The summed E-state index contributed by atoms with van der Waals surface area (Å²) in [6.45, 7) is 1.69. The molecule has 0 aromatic heterocycles. The number of benzene rings is 1. The van der Waals surface area contributed by atoms with E-state index in [9.17, 15) is 4.79 Å². The van der Waals surface area contributed by atoms with Gasteiger partial charge >= 0.3 is 5.97 Å². The largest absolute Gasteiger partial charge is 0.481 e. The molecule has 1 aromatic carbocycles. The van der Waals surface area contributed by atoms with E-state index in [0.717, 1.165) is 5.56 Å². The fourth-order valence-electron chi connectivity index (χ4n) is 1.06. The van der Waals surface area contributed by atoms with Crippen LogP contribution in [0.25, 0.3) is 0 Å². The molecule has 0 amide bonds. The van der Waals surface area contributed by atoms with Gasteiger partial charge in [0.2, 0.25) is 0 Å². The molecule has 0 aliphatic heterocycles. The van der Waals surface area contributed by atoms with Gasteiger partial charge in [-0.15, -0.1) is 0 Å². The second-order valence-electron chi connectivity index (χ2n) is 3.49. The standard InChI is InChI=1S/C11H12Cl2O2S/c1-7(11(14)15)5-16-6-8-2-3-9(12)4-10(8)13/h2-4,7H,5-6H2,1H3,(H,14,15). The van der Waals surface area contributed by atoms with E-state index in [0.29, 0.717) is 21.6 Å². The predicted octanol–water partition coefficient (Wildman–Crippen LogP) is 3.95. The van der Waals surface area contributed by atoms with Crippen LogP contribution in [0.2, 0.25) is 10.0 Å². The van der Waals surface area contributed by atoms with Gasteiger partial charge in [-0.25, -0.2) is 0 Å². The molecule has 0 heterocycles. The van der Waals surface area contributed by atoms with Gasteiger partial charge in [-0.2, -0.15) is 11.8 Å². The van der Waals surface area contributed by atoms with Crippen LogP contribution in [-0.4, -0.2) is 16.8 Å². The topological polar surface area (TPSA) is 37.3 Å². The van der Waals surface area contributed by atoms with Gasteiger partial charge in [-0.3, -0.25) is 4.79 Å². The summed E-state index contributed by atoms with van der Waals surface area (Å²) < 4.78 is 0. The molecule has 0 aliphatic carbocycles. The molecule has 1 aromatic rings. The first-order valence-electron chi connectivity index (χ1n) is 4.75. The van der Waals surface area contributed by atoms with Crippen LogP contribution >= 0.6 is 35.0 Å². The van der Waals surface area contributed by atoms with Crippen molar-refractivity contribution >= 4 is 40.9 Å². The van der Waals surface area contributed by atoms with Crippen LogP contribution in [0.15, 0.2) is 18.2 Å². The molecule has 0 radical (unpaired) electrons. The first kappa shape index (κ1) is 13.7. The molecule has 0 saturated carbocycles. The van der Waals surface area contributed by atoms with Crippen molar-refractivity contribution in [1.82, 2.24) is 0 Å². The highest BCUT2D eigenvalue weighted by Crippen LogP contribution is 2.25. The van der Waals surface area contributed by atoms with E-state index < -0.39 is 5.97 Å². The summed E-state index contributed by atoms with van der Waals surface area (Å²) in [4.78, 5) is 10.6. The van der Waals surface area contributed by atoms with Gasteiger partial charge in [-0.05, 0) is 17.7 Å². The third kappa shape index (κ3) is 4.24. The number of carboxylic acid groups (broad SMARTS) is 1. The number of aliphatic carboxylic acids is 1. The fraction of sp³-hybridized carbons (Fsp3) is 0.364. The lowest BCUT2D eigenvalue weighted by Crippen LogP contribution is -2.11. The van der Waals surface area contributed by atoms with E-state index in [4.69, 9.17) is 28.3 Å². The third-order valence-electron chi connectivity index (χ3n) is 2.06. The Bertz CT molecular complexity index is 382. The minimum absolute atomic E-state index is 0.337. The number of halogens is 2. The Morgan fingerprint density at radius 2 is 2.19 bits per heavy atom. The molecule has 0 aliphatic rings. The molecule has 88 valence electrons. The highest BCUT2D eigenvalue weighted by molar-refractivity contribution is 7.98. The Morgan fingerprint density at radius 1 is 1.50 bits per heavy atom. The van der Waals surface area contributed by atoms with E-state index in [1.54, 1.807) is 30.8 Å². The van der Waals surface area contributed by atoms with E-state index in [-0.39, 0.29) is 5.92 Å². The van der Waals surface area contributed by atoms with Crippen molar-refractivity contribution in [3.63, 3.8) is 0 Å². The van der Waals surface area contributed by atoms with Crippen LogP contribution in [0.3, 0.4) is 0 Å². The van der Waals surface area contributed by atoms with E-state index >= 15 is 0 Å². The van der Waals surface area contributed by atoms with Gasteiger partial charge in [0.05, 0.1) is 5.92 Å². The number of carbonyl (C=O) groups is 1. The summed E-state index contributed by atoms with van der Waals surface area (Å²) in [5, 5.41) is 9.95. The Kier molecular flexibility index (Phi) is 5.46. The maximum Gasteiger partial charge on any atom is 0.307 e. The number of thioether (sulfide) groups is 1. The second-order valence-corrected chi connectivity index (χ2v) is 5.36. The average molecular weight is 279 g/mol. The Balaban J connectivity index is 2.46. The average Bonchev–Trinajstić information content (AvgIpc) is 2.20. The third-order valence-corrected chi connectivity index (χ3v) is 3.90. The fourth-order valence-corrected chi connectivity index (χ4v) is 2.70. The van der Waals surface area contributed by atoms with Crippen molar-refractivity contribution < 1.29 is 9.90 Å². The van der Waals surface area contributed by atoms with Crippen LogP contribution in [0.1, 0.15) is 12.5 Å². The van der Waals surface area contributed by atoms with Gasteiger partial charge in [0.25, 0.3) is 0 Å². The molecule has 0 saturated heterocycles. The summed E-state index contributed by atoms with van der Waals surface area (Å²) >= 11 is 13.3. The lowest BCUT2D eigenvalue weighted by molar-refractivity contribution is -0.140. The number of carboxylic acids is 1. The van der Waals surface area contributed by atoms with Crippen LogP contribution < -0.4 is 0 Å². The van der Waals surface area contributed by atoms with E-state index in [2.05, 4.69) is 0 Å². The SMILES string of the molecule is CC(CSCc1ccc(Cl)cc1Cl)C(=O)O. The van der Waals surface area contributed by atoms with Crippen LogP contribution in [0.4, 0.5) is 0 Å². The molecule has 0 fully saturated rings. The zero-order valence-corrected chi connectivity index (χ0v) is 11.1. The quantitative estimate of drug-likeness (QED) is 0.886. The molecule has 1 N–H and O–H groups in total. The molecule has 2 nitrogen and oxygen atoms in total. The number of hydrogen-bond acceptors (Lipinski definition) is 2. The van der Waals surface area contributed by atoms with Gasteiger partial charge in [0, 0.05) is 21.6 Å². The minimum Gasteiger partial charge on any atom is -0.481 e. The zero-order valence-electron chi connectivity index (χ0n) is 8.74. The first-order chi connectivity index (χ1) is 7.50. The number of hydrogen-bond donors (Lipinski definition) is 1. The van der Waals surface area contributed by atoms with Gasteiger partial charge in [0.15, 0.2) is 0 Å². The molecular weight excluding hydrogens is 267 g/mol. The Labute approximate surface area is 109 Å². The zero-order chi connectivity index (χ0) is 12.1. The summed E-state index contributed by atoms with van der Waals surface area (Å²) in [6.07, 6.45) is 0. The molecule has 16 heavy (non-hydrogen) atoms. The van der Waals surface area contributed by atoms with Crippen molar-refractivity contribution in [3.8, 4) is 0 Å². The summed E-state index contributed by atoms with van der Waals surface area (Å²) in [7, 11) is 0. The summed E-state index contributed by atoms with van der Waals surface area (Å²) in [5.41, 5.74) is 0.980. The normalized spacial score (nSPS) is 12.4. The molecule has 1 atom stereocenters. The van der Waals surface area contributed by atoms with Crippen molar-refractivity contribution in [2.75, 3.05) is 5.75 Å². The molecule has 5 heteroatoms. The van der Waals surface area contributed by atoms with Crippen LogP contribution in [-0.2, 0) is 10.5 Å². The molecule has 0 spiro atoms. The maximum atomic E-state index is 10.6. The summed E-state index contributed by atoms with van der Waals surface area (Å²) in [5.74, 6) is 0.174. The van der Waals surface area contributed by atoms with Crippen LogP contribution in [0, 0.1) is 5.92 Å². The van der Waals surface area contributed by atoms with Gasteiger partial charge in [-0.1, -0.05) is 36.2 Å². The smallest absolute Gasteiger partial charge is 0.307 e.